The first kappa shape index (κ1) is 17.0. The lowest BCUT2D eigenvalue weighted by molar-refractivity contribution is 0.212. The van der Waals surface area contributed by atoms with Crippen LogP contribution in [0.25, 0.3) is 0 Å². The lowest BCUT2D eigenvalue weighted by Crippen LogP contribution is -2.32. The van der Waals surface area contributed by atoms with Crippen molar-refractivity contribution in [3.63, 3.8) is 0 Å². The van der Waals surface area contributed by atoms with Crippen molar-refractivity contribution < 1.29 is 0 Å². The highest BCUT2D eigenvalue weighted by Gasteiger charge is 2.19. The van der Waals surface area contributed by atoms with Crippen LogP contribution < -0.4 is 5.32 Å². The van der Waals surface area contributed by atoms with E-state index in [1.807, 2.05) is 0 Å². The molecular weight excluding hydrogens is 232 g/mol. The fourth-order valence-electron chi connectivity index (χ4n) is 2.58. The molecule has 1 rings (SSSR count). The molecule has 0 aromatic carbocycles. The van der Waals surface area contributed by atoms with Crippen LogP contribution in [-0.2, 0) is 0 Å². The van der Waals surface area contributed by atoms with Crippen LogP contribution >= 0.6 is 0 Å². The highest BCUT2D eigenvalue weighted by Crippen LogP contribution is 2.18. The molecule has 0 amide bonds. The van der Waals surface area contributed by atoms with Crippen molar-refractivity contribution in [3.05, 3.63) is 0 Å². The second-order valence-corrected chi connectivity index (χ2v) is 6.48. The average molecular weight is 268 g/mol. The Morgan fingerprint density at radius 3 is 2.16 bits per heavy atom. The summed E-state index contributed by atoms with van der Waals surface area (Å²) >= 11 is 0. The minimum atomic E-state index is 0.716. The number of nitrogens with zero attached hydrogens (tertiary/aromatic N) is 1. The molecule has 0 bridgehead atoms. The van der Waals surface area contributed by atoms with Gasteiger partial charge in [0.2, 0.25) is 0 Å². The zero-order valence-electron chi connectivity index (χ0n) is 13.6. The van der Waals surface area contributed by atoms with Gasteiger partial charge in [-0.25, -0.2) is 0 Å². The largest absolute Gasteiger partial charge is 0.314 e. The van der Waals surface area contributed by atoms with Gasteiger partial charge in [0.05, 0.1) is 0 Å². The van der Waals surface area contributed by atoms with Crippen molar-refractivity contribution in [2.75, 3.05) is 19.6 Å². The molecule has 1 N–H and O–H groups in total. The molecule has 0 unspecified atom stereocenters. The molecule has 0 atom stereocenters. The topological polar surface area (TPSA) is 15.3 Å². The number of hydrogen-bond acceptors (Lipinski definition) is 2. The molecule has 1 aliphatic carbocycles. The van der Waals surface area contributed by atoms with Crippen LogP contribution in [0.3, 0.4) is 0 Å². The lowest BCUT2D eigenvalue weighted by Gasteiger charge is -2.26. The highest BCUT2D eigenvalue weighted by molar-refractivity contribution is 4.80. The predicted molar refractivity (Wildman–Crippen MR) is 85.7 cm³/mol. The number of hydrogen-bond donors (Lipinski definition) is 1. The van der Waals surface area contributed by atoms with Crippen LogP contribution in [-0.4, -0.2) is 36.6 Å². The van der Waals surface area contributed by atoms with Gasteiger partial charge in [0.15, 0.2) is 0 Å². The Morgan fingerprint density at radius 1 is 0.947 bits per heavy atom. The molecule has 0 aromatic rings. The van der Waals surface area contributed by atoms with Gasteiger partial charge in [0, 0.05) is 12.1 Å². The quantitative estimate of drug-likeness (QED) is 0.504. The molecule has 0 heterocycles. The van der Waals surface area contributed by atoms with E-state index in [-0.39, 0.29) is 0 Å². The van der Waals surface area contributed by atoms with Gasteiger partial charge in [-0.15, -0.1) is 0 Å². The summed E-state index contributed by atoms with van der Waals surface area (Å²) in [5, 5.41) is 3.60. The van der Waals surface area contributed by atoms with E-state index in [1.165, 1.54) is 77.4 Å². The normalized spacial score (nSPS) is 15.6. The third-order valence-electron chi connectivity index (χ3n) is 4.16. The summed E-state index contributed by atoms with van der Waals surface area (Å²) in [6.45, 7) is 10.8. The van der Waals surface area contributed by atoms with E-state index in [0.717, 1.165) is 6.04 Å². The van der Waals surface area contributed by atoms with Gasteiger partial charge >= 0.3 is 0 Å². The van der Waals surface area contributed by atoms with Crippen LogP contribution in [0.15, 0.2) is 0 Å². The lowest BCUT2D eigenvalue weighted by atomic mass is 10.1. The number of rotatable bonds is 13. The van der Waals surface area contributed by atoms with Crippen molar-refractivity contribution in [1.82, 2.24) is 10.2 Å². The first-order valence-electron chi connectivity index (χ1n) is 8.71. The summed E-state index contributed by atoms with van der Waals surface area (Å²) in [5.74, 6) is 0. The van der Waals surface area contributed by atoms with Crippen molar-refractivity contribution in [3.8, 4) is 0 Å². The van der Waals surface area contributed by atoms with E-state index in [1.54, 1.807) is 0 Å². The Kier molecular flexibility index (Phi) is 9.54. The van der Waals surface area contributed by atoms with E-state index in [0.29, 0.717) is 6.04 Å². The molecule has 19 heavy (non-hydrogen) atoms. The maximum absolute atomic E-state index is 3.60. The molecule has 0 aromatic heterocycles. The first-order valence-corrected chi connectivity index (χ1v) is 8.71. The van der Waals surface area contributed by atoms with E-state index >= 15 is 0 Å². The van der Waals surface area contributed by atoms with Gasteiger partial charge in [0.25, 0.3) is 0 Å². The molecule has 1 fully saturated rings. The van der Waals surface area contributed by atoms with Crippen molar-refractivity contribution >= 4 is 0 Å². The molecule has 114 valence electrons. The molecular formula is C17H36N2. The zero-order valence-corrected chi connectivity index (χ0v) is 13.6. The number of unbranched alkanes of at least 4 members (excludes halogenated alkanes) is 5. The standard InChI is InChI=1S/C17H36N2/c1-4-5-9-14-19(16(2)3)15-10-7-6-8-13-18-17-11-12-17/h16-18H,4-15H2,1-3H3. The van der Waals surface area contributed by atoms with E-state index in [4.69, 9.17) is 0 Å². The fourth-order valence-corrected chi connectivity index (χ4v) is 2.58. The van der Waals surface area contributed by atoms with Gasteiger partial charge in [-0.1, -0.05) is 32.6 Å². The Balaban J connectivity index is 1.90. The average Bonchev–Trinajstić information content (AvgIpc) is 3.19. The fraction of sp³-hybridized carbons (Fsp3) is 1.00. The monoisotopic (exact) mass is 268 g/mol. The molecule has 1 saturated carbocycles. The summed E-state index contributed by atoms with van der Waals surface area (Å²) in [6.07, 6.45) is 12.5. The summed E-state index contributed by atoms with van der Waals surface area (Å²) in [7, 11) is 0. The third kappa shape index (κ3) is 9.45. The Hall–Kier alpha value is -0.0800. The van der Waals surface area contributed by atoms with E-state index < -0.39 is 0 Å². The summed E-state index contributed by atoms with van der Waals surface area (Å²) < 4.78 is 0. The van der Waals surface area contributed by atoms with E-state index in [9.17, 15) is 0 Å². The van der Waals surface area contributed by atoms with Gasteiger partial charge in [-0.3, -0.25) is 0 Å². The molecule has 0 saturated heterocycles. The molecule has 2 heteroatoms. The Labute approximate surface area is 121 Å². The maximum Gasteiger partial charge on any atom is 0.00682 e. The minimum absolute atomic E-state index is 0.716. The number of nitrogens with one attached hydrogen (secondary N) is 1. The SMILES string of the molecule is CCCCCN(CCCCCCNC1CC1)C(C)C. The smallest absolute Gasteiger partial charge is 0.00682 e. The second kappa shape index (κ2) is 10.7. The predicted octanol–water partition coefficient (Wildman–Crippen LogP) is 4.20. The van der Waals surface area contributed by atoms with Crippen LogP contribution in [0.4, 0.5) is 0 Å². The summed E-state index contributed by atoms with van der Waals surface area (Å²) in [5.41, 5.74) is 0. The maximum atomic E-state index is 3.60. The second-order valence-electron chi connectivity index (χ2n) is 6.48. The van der Waals surface area contributed by atoms with E-state index in [2.05, 4.69) is 31.0 Å². The van der Waals surface area contributed by atoms with Gasteiger partial charge < -0.3 is 10.2 Å². The highest BCUT2D eigenvalue weighted by atomic mass is 15.1. The van der Waals surface area contributed by atoms with Crippen molar-refractivity contribution in [2.24, 2.45) is 0 Å². The molecule has 0 radical (unpaired) electrons. The summed E-state index contributed by atoms with van der Waals surface area (Å²) in [4.78, 5) is 2.66. The van der Waals surface area contributed by atoms with Crippen molar-refractivity contribution in [1.29, 1.82) is 0 Å². The molecule has 0 aliphatic heterocycles. The van der Waals surface area contributed by atoms with Crippen LogP contribution in [0, 0.1) is 0 Å². The summed E-state index contributed by atoms with van der Waals surface area (Å²) in [6, 6.07) is 1.60. The Bertz CT molecular complexity index is 199. The van der Waals surface area contributed by atoms with Crippen LogP contribution in [0.2, 0.25) is 0 Å². The molecule has 1 aliphatic rings. The minimum Gasteiger partial charge on any atom is -0.314 e. The van der Waals surface area contributed by atoms with Gasteiger partial charge in [-0.05, 0) is 65.6 Å². The van der Waals surface area contributed by atoms with Crippen LogP contribution in [0.1, 0.15) is 78.6 Å². The molecule has 0 spiro atoms. The zero-order chi connectivity index (χ0) is 13.9. The molecule has 2 nitrogen and oxygen atoms in total. The van der Waals surface area contributed by atoms with Gasteiger partial charge in [-0.2, -0.15) is 0 Å². The first-order chi connectivity index (χ1) is 9.24. The van der Waals surface area contributed by atoms with Crippen LogP contribution in [0.5, 0.6) is 0 Å². The van der Waals surface area contributed by atoms with Gasteiger partial charge in [0.1, 0.15) is 0 Å². The Morgan fingerprint density at radius 2 is 1.58 bits per heavy atom. The third-order valence-corrected chi connectivity index (χ3v) is 4.16. The van der Waals surface area contributed by atoms with Crippen molar-refractivity contribution in [2.45, 2.75) is 90.6 Å².